The van der Waals surface area contributed by atoms with Crippen LogP contribution in [0.2, 0.25) is 0 Å². The van der Waals surface area contributed by atoms with Gasteiger partial charge in [-0.1, -0.05) is 0 Å². The van der Waals surface area contributed by atoms with Gasteiger partial charge in [0.25, 0.3) is 0 Å². The van der Waals surface area contributed by atoms with Gasteiger partial charge in [0, 0.05) is 6.20 Å². The lowest BCUT2D eigenvalue weighted by Gasteiger charge is -2.04. The van der Waals surface area contributed by atoms with E-state index in [4.69, 9.17) is 10.4 Å². The molecular weight excluding hydrogens is 365 g/mol. The summed E-state index contributed by atoms with van der Waals surface area (Å²) in [6, 6.07) is 1.95. The molecule has 0 aromatic carbocycles. The van der Waals surface area contributed by atoms with Crippen molar-refractivity contribution in [1.82, 2.24) is 4.98 Å². The van der Waals surface area contributed by atoms with Crippen molar-refractivity contribution in [3.63, 3.8) is 0 Å². The van der Waals surface area contributed by atoms with Crippen LogP contribution in [0.4, 0.5) is 10.6 Å². The van der Waals surface area contributed by atoms with Gasteiger partial charge in [0.1, 0.15) is 11.9 Å². The van der Waals surface area contributed by atoms with Gasteiger partial charge in [0.05, 0.1) is 13.6 Å². The number of carbonyl (C=O) groups is 1. The van der Waals surface area contributed by atoms with Crippen molar-refractivity contribution >= 4 is 50.4 Å². The molecule has 0 atom stereocenters. The molecule has 2 N–H and O–H groups in total. The van der Waals surface area contributed by atoms with Crippen molar-refractivity contribution < 1.29 is 9.90 Å². The maximum atomic E-state index is 10.4. The molecular formula is C7H3BrIN3O2. The van der Waals surface area contributed by atoms with Crippen molar-refractivity contribution in [2.24, 2.45) is 0 Å². The molecule has 0 saturated carbocycles. The Bertz CT molecular complexity index is 430. The van der Waals surface area contributed by atoms with Crippen molar-refractivity contribution in [2.75, 3.05) is 5.32 Å². The normalized spacial score (nSPS) is 9.21. The lowest BCUT2D eigenvalue weighted by Crippen LogP contribution is -2.10. The molecule has 0 bridgehead atoms. The fourth-order valence-corrected chi connectivity index (χ4v) is 2.20. The summed E-state index contributed by atoms with van der Waals surface area (Å²) in [4.78, 5) is 14.2. The molecule has 0 saturated heterocycles. The molecule has 0 radical (unpaired) electrons. The van der Waals surface area contributed by atoms with Crippen LogP contribution in [0.5, 0.6) is 0 Å². The minimum atomic E-state index is -1.21. The lowest BCUT2D eigenvalue weighted by molar-refractivity contribution is 0.209. The SMILES string of the molecule is N#Cc1c(Br)cnc(NC(=O)O)c1I. The molecule has 72 valence electrons. The highest BCUT2D eigenvalue weighted by Gasteiger charge is 2.12. The molecule has 5 nitrogen and oxygen atoms in total. The Morgan fingerprint density at radius 1 is 1.79 bits per heavy atom. The molecule has 7 heteroatoms. The Balaban J connectivity index is 3.23. The average Bonchev–Trinajstić information content (AvgIpc) is 2.10. The van der Waals surface area contributed by atoms with Crippen LogP contribution >= 0.6 is 38.5 Å². The molecule has 1 amide bonds. The average molecular weight is 368 g/mol. The van der Waals surface area contributed by atoms with Crippen LogP contribution in [0.1, 0.15) is 5.56 Å². The topological polar surface area (TPSA) is 86.0 Å². The fraction of sp³-hybridized carbons (Fsp3) is 0. The zero-order valence-corrected chi connectivity index (χ0v) is 10.3. The maximum absolute atomic E-state index is 10.4. The Morgan fingerprint density at radius 3 is 2.93 bits per heavy atom. The minimum absolute atomic E-state index is 0.165. The minimum Gasteiger partial charge on any atom is -0.465 e. The highest BCUT2D eigenvalue weighted by atomic mass is 127. The highest BCUT2D eigenvalue weighted by Crippen LogP contribution is 2.25. The Hall–Kier alpha value is -0.880. The number of halogens is 2. The van der Waals surface area contributed by atoms with Crippen LogP contribution in [0, 0.1) is 14.9 Å². The summed E-state index contributed by atoms with van der Waals surface area (Å²) < 4.78 is 1.02. The van der Waals surface area contributed by atoms with Gasteiger partial charge in [-0.25, -0.2) is 9.78 Å². The van der Waals surface area contributed by atoms with Crippen LogP contribution in [0.25, 0.3) is 0 Å². The number of nitrogens with zero attached hydrogens (tertiary/aromatic N) is 2. The van der Waals surface area contributed by atoms with Crippen molar-refractivity contribution in [1.29, 1.82) is 5.26 Å². The summed E-state index contributed by atoms with van der Waals surface area (Å²) in [5.41, 5.74) is 0.365. The van der Waals surface area contributed by atoms with E-state index in [9.17, 15) is 4.79 Å². The summed E-state index contributed by atoms with van der Waals surface area (Å²) >= 11 is 5.00. The number of aromatic nitrogens is 1. The number of nitriles is 1. The predicted octanol–water partition coefficient (Wildman–Crippen LogP) is 2.41. The van der Waals surface area contributed by atoms with Crippen LogP contribution in [-0.2, 0) is 0 Å². The zero-order valence-electron chi connectivity index (χ0n) is 6.58. The number of hydrogen-bond donors (Lipinski definition) is 2. The third kappa shape index (κ3) is 2.33. The van der Waals surface area contributed by atoms with E-state index >= 15 is 0 Å². The van der Waals surface area contributed by atoms with E-state index in [1.807, 2.05) is 28.7 Å². The second-order valence-electron chi connectivity index (χ2n) is 2.19. The van der Waals surface area contributed by atoms with Crippen molar-refractivity contribution in [2.45, 2.75) is 0 Å². The summed E-state index contributed by atoms with van der Waals surface area (Å²) in [5.74, 6) is 0.165. The van der Waals surface area contributed by atoms with E-state index < -0.39 is 6.09 Å². The second kappa shape index (κ2) is 4.56. The molecule has 0 spiro atoms. The molecule has 1 aromatic rings. The first kappa shape index (κ1) is 11.2. The van der Waals surface area contributed by atoms with Crippen molar-refractivity contribution in [3.05, 3.63) is 19.8 Å². The number of hydrogen-bond acceptors (Lipinski definition) is 3. The third-order valence-electron chi connectivity index (χ3n) is 1.31. The van der Waals surface area contributed by atoms with Gasteiger partial charge < -0.3 is 5.11 Å². The largest absolute Gasteiger partial charge is 0.465 e. The van der Waals surface area contributed by atoms with Gasteiger partial charge in [-0.15, -0.1) is 0 Å². The van der Waals surface area contributed by atoms with Crippen LogP contribution in [0.15, 0.2) is 10.7 Å². The Labute approximate surface area is 101 Å². The van der Waals surface area contributed by atoms with E-state index in [-0.39, 0.29) is 5.82 Å². The molecule has 1 aromatic heterocycles. The van der Waals surface area contributed by atoms with E-state index in [1.54, 1.807) is 0 Å². The van der Waals surface area contributed by atoms with Gasteiger partial charge in [0.2, 0.25) is 0 Å². The van der Waals surface area contributed by atoms with Crippen LogP contribution in [0.3, 0.4) is 0 Å². The van der Waals surface area contributed by atoms with E-state index in [2.05, 4.69) is 26.2 Å². The van der Waals surface area contributed by atoms with Gasteiger partial charge in [-0.3, -0.25) is 5.32 Å². The summed E-state index contributed by atoms with van der Waals surface area (Å²) in [7, 11) is 0. The molecule has 0 aliphatic rings. The molecule has 1 heterocycles. The van der Waals surface area contributed by atoms with Gasteiger partial charge in [0.15, 0.2) is 0 Å². The third-order valence-corrected chi connectivity index (χ3v) is 2.96. The quantitative estimate of drug-likeness (QED) is 0.746. The zero-order chi connectivity index (χ0) is 10.7. The Morgan fingerprint density at radius 2 is 2.43 bits per heavy atom. The fourth-order valence-electron chi connectivity index (χ4n) is 0.757. The molecule has 14 heavy (non-hydrogen) atoms. The lowest BCUT2D eigenvalue weighted by atomic mass is 10.3. The molecule has 0 fully saturated rings. The van der Waals surface area contributed by atoms with Crippen LogP contribution < -0.4 is 5.32 Å². The predicted molar refractivity (Wildman–Crippen MR) is 61.0 cm³/mol. The first-order chi connectivity index (χ1) is 6.56. The smallest absolute Gasteiger partial charge is 0.410 e. The van der Waals surface area contributed by atoms with Gasteiger partial charge in [-0.2, -0.15) is 5.26 Å². The second-order valence-corrected chi connectivity index (χ2v) is 4.12. The number of pyridine rings is 1. The molecule has 1 rings (SSSR count). The summed E-state index contributed by atoms with van der Waals surface area (Å²) in [5, 5.41) is 19.3. The summed E-state index contributed by atoms with van der Waals surface area (Å²) in [6.07, 6.45) is 0.174. The van der Waals surface area contributed by atoms with E-state index in [1.165, 1.54) is 6.20 Å². The van der Waals surface area contributed by atoms with Crippen molar-refractivity contribution in [3.8, 4) is 6.07 Å². The number of amides is 1. The highest BCUT2D eigenvalue weighted by molar-refractivity contribution is 14.1. The van der Waals surface area contributed by atoms with E-state index in [0.29, 0.717) is 13.6 Å². The van der Waals surface area contributed by atoms with Gasteiger partial charge in [-0.05, 0) is 38.5 Å². The number of carboxylic acid groups (broad SMARTS) is 1. The summed E-state index contributed by atoms with van der Waals surface area (Å²) in [6.45, 7) is 0. The molecule has 0 aliphatic carbocycles. The number of anilines is 1. The number of nitrogens with one attached hydrogen (secondary N) is 1. The van der Waals surface area contributed by atoms with Crippen LogP contribution in [-0.4, -0.2) is 16.2 Å². The standard InChI is InChI=1S/C7H3BrIN3O2/c8-4-2-11-6(12-7(13)14)5(9)3(4)1-10/h2H,(H,11,12)(H,13,14). The Kier molecular flexibility index (Phi) is 3.65. The first-order valence-electron chi connectivity index (χ1n) is 3.30. The van der Waals surface area contributed by atoms with E-state index in [0.717, 1.165) is 0 Å². The first-order valence-corrected chi connectivity index (χ1v) is 5.17. The maximum Gasteiger partial charge on any atom is 0.410 e. The monoisotopic (exact) mass is 367 g/mol. The molecule has 0 aliphatic heterocycles. The van der Waals surface area contributed by atoms with Gasteiger partial charge >= 0.3 is 6.09 Å². The number of rotatable bonds is 1. The molecule has 0 unspecified atom stereocenters.